The first-order valence-electron chi connectivity index (χ1n) is 5.78. The lowest BCUT2D eigenvalue weighted by molar-refractivity contribution is -0.115. The molecule has 1 aromatic rings. The zero-order valence-corrected chi connectivity index (χ0v) is 10.5. The number of nitrogens with one attached hydrogen (secondary N) is 1. The van der Waals surface area contributed by atoms with Gasteiger partial charge in [0.1, 0.15) is 5.69 Å². The summed E-state index contributed by atoms with van der Waals surface area (Å²) in [5.74, 6) is 0.994. The summed E-state index contributed by atoms with van der Waals surface area (Å²) in [4.78, 5) is 13.6. The summed E-state index contributed by atoms with van der Waals surface area (Å²) in [6, 6.07) is 0. The molecule has 1 aliphatic heterocycles. The minimum Gasteiger partial charge on any atom is -0.383 e. The predicted octanol–water partition coefficient (Wildman–Crippen LogP) is 0.616. The van der Waals surface area contributed by atoms with Crippen LogP contribution in [-0.4, -0.2) is 42.5 Å². The Balaban J connectivity index is 2.36. The van der Waals surface area contributed by atoms with Crippen LogP contribution in [0.5, 0.6) is 0 Å². The molecule has 0 aliphatic carbocycles. The number of hydrogen-bond acceptors (Lipinski definition) is 4. The largest absolute Gasteiger partial charge is 0.383 e. The van der Waals surface area contributed by atoms with Crippen LogP contribution in [0.3, 0.4) is 0 Å². The van der Waals surface area contributed by atoms with Crippen LogP contribution in [0.25, 0.3) is 0 Å². The Bertz CT molecular complexity index is 427. The Kier molecular flexibility index (Phi) is 3.33. The Hall–Kier alpha value is -1.56. The average molecular weight is 238 g/mol. The van der Waals surface area contributed by atoms with Crippen molar-refractivity contribution in [1.82, 2.24) is 9.78 Å². The van der Waals surface area contributed by atoms with E-state index < -0.39 is 0 Å². The number of fused-ring (bicyclic) bond motifs is 1. The number of aromatic nitrogens is 2. The van der Waals surface area contributed by atoms with Gasteiger partial charge >= 0.3 is 0 Å². The highest BCUT2D eigenvalue weighted by Gasteiger charge is 2.27. The van der Waals surface area contributed by atoms with Crippen molar-refractivity contribution in [2.75, 3.05) is 37.0 Å². The molecule has 0 radical (unpaired) electrons. The van der Waals surface area contributed by atoms with Crippen LogP contribution < -0.4 is 10.2 Å². The molecule has 0 aromatic carbocycles. The van der Waals surface area contributed by atoms with Crippen LogP contribution in [0.2, 0.25) is 0 Å². The number of hydrogen-bond donors (Lipinski definition) is 1. The van der Waals surface area contributed by atoms with Gasteiger partial charge in [0.05, 0.1) is 18.8 Å². The van der Waals surface area contributed by atoms with E-state index in [1.54, 1.807) is 7.11 Å². The zero-order valence-electron chi connectivity index (χ0n) is 10.5. The third-order valence-electron chi connectivity index (χ3n) is 2.86. The van der Waals surface area contributed by atoms with Gasteiger partial charge < -0.3 is 15.0 Å². The van der Waals surface area contributed by atoms with Gasteiger partial charge in [0, 0.05) is 20.2 Å². The molecule has 0 bridgehead atoms. The first kappa shape index (κ1) is 11.9. The monoisotopic (exact) mass is 238 g/mol. The number of aryl methyl sites for hydroxylation is 2. The summed E-state index contributed by atoms with van der Waals surface area (Å²) in [5, 5.41) is 7.31. The van der Waals surface area contributed by atoms with Gasteiger partial charge in [0.2, 0.25) is 5.91 Å². The number of nitrogens with zero attached hydrogens (tertiary/aromatic N) is 3. The SMILES string of the molecule is CCn1nc(C)c2c1N(CCOC)CC(=O)N2. The molecular formula is C11H18N4O2. The van der Waals surface area contributed by atoms with Crippen molar-refractivity contribution in [1.29, 1.82) is 0 Å². The summed E-state index contributed by atoms with van der Waals surface area (Å²) in [6.07, 6.45) is 0. The average Bonchev–Trinajstić information content (AvgIpc) is 2.63. The zero-order chi connectivity index (χ0) is 12.4. The van der Waals surface area contributed by atoms with Crippen molar-refractivity contribution in [3.63, 3.8) is 0 Å². The van der Waals surface area contributed by atoms with Gasteiger partial charge in [-0.05, 0) is 13.8 Å². The van der Waals surface area contributed by atoms with Crippen molar-refractivity contribution in [2.24, 2.45) is 0 Å². The van der Waals surface area contributed by atoms with Crippen LogP contribution >= 0.6 is 0 Å². The Labute approximate surface area is 101 Å². The fourth-order valence-electron chi connectivity index (χ4n) is 2.07. The number of amides is 1. The van der Waals surface area contributed by atoms with Gasteiger partial charge in [0.25, 0.3) is 0 Å². The van der Waals surface area contributed by atoms with E-state index in [0.29, 0.717) is 19.7 Å². The summed E-state index contributed by atoms with van der Waals surface area (Å²) in [7, 11) is 1.66. The molecule has 2 rings (SSSR count). The predicted molar refractivity (Wildman–Crippen MR) is 65.4 cm³/mol. The number of anilines is 2. The summed E-state index contributed by atoms with van der Waals surface area (Å²) >= 11 is 0. The van der Waals surface area contributed by atoms with Crippen LogP contribution in [0, 0.1) is 6.92 Å². The molecule has 0 saturated heterocycles. The van der Waals surface area contributed by atoms with Crippen LogP contribution in [-0.2, 0) is 16.1 Å². The van der Waals surface area contributed by atoms with Crippen molar-refractivity contribution in [3.05, 3.63) is 5.69 Å². The van der Waals surface area contributed by atoms with Crippen molar-refractivity contribution < 1.29 is 9.53 Å². The van der Waals surface area contributed by atoms with E-state index in [1.807, 2.05) is 23.4 Å². The third kappa shape index (κ3) is 2.12. The summed E-state index contributed by atoms with van der Waals surface area (Å²) in [6.45, 7) is 6.39. The maximum Gasteiger partial charge on any atom is 0.244 e. The fourth-order valence-corrected chi connectivity index (χ4v) is 2.07. The van der Waals surface area contributed by atoms with Crippen LogP contribution in [0.15, 0.2) is 0 Å². The quantitative estimate of drug-likeness (QED) is 0.835. The molecule has 0 unspecified atom stereocenters. The Morgan fingerprint density at radius 3 is 2.94 bits per heavy atom. The first-order chi connectivity index (χ1) is 8.17. The summed E-state index contributed by atoms with van der Waals surface area (Å²) < 4.78 is 6.99. The maximum absolute atomic E-state index is 11.6. The lowest BCUT2D eigenvalue weighted by Gasteiger charge is -2.29. The number of methoxy groups -OCH3 is 1. The first-order valence-corrected chi connectivity index (χ1v) is 5.78. The van der Waals surface area contributed by atoms with E-state index in [-0.39, 0.29) is 5.91 Å². The van der Waals surface area contributed by atoms with Gasteiger partial charge in [-0.2, -0.15) is 5.10 Å². The molecule has 1 amide bonds. The van der Waals surface area contributed by atoms with Crippen LogP contribution in [0.4, 0.5) is 11.5 Å². The van der Waals surface area contributed by atoms with E-state index in [2.05, 4.69) is 10.4 Å². The Morgan fingerprint density at radius 1 is 1.53 bits per heavy atom. The molecule has 17 heavy (non-hydrogen) atoms. The van der Waals surface area contributed by atoms with Gasteiger partial charge in [0.15, 0.2) is 5.82 Å². The Morgan fingerprint density at radius 2 is 2.29 bits per heavy atom. The van der Waals surface area contributed by atoms with E-state index in [1.165, 1.54) is 0 Å². The van der Waals surface area contributed by atoms with E-state index in [0.717, 1.165) is 23.7 Å². The minimum atomic E-state index is 0.00681. The molecule has 6 nitrogen and oxygen atoms in total. The maximum atomic E-state index is 11.6. The second kappa shape index (κ2) is 4.75. The minimum absolute atomic E-state index is 0.00681. The van der Waals surface area contributed by atoms with Gasteiger partial charge in [-0.25, -0.2) is 4.68 Å². The van der Waals surface area contributed by atoms with E-state index >= 15 is 0 Å². The van der Waals surface area contributed by atoms with E-state index in [4.69, 9.17) is 4.74 Å². The molecule has 0 spiro atoms. The van der Waals surface area contributed by atoms with Crippen molar-refractivity contribution in [3.8, 4) is 0 Å². The van der Waals surface area contributed by atoms with Gasteiger partial charge in [-0.15, -0.1) is 0 Å². The molecule has 1 aliphatic rings. The second-order valence-corrected chi connectivity index (χ2v) is 4.06. The second-order valence-electron chi connectivity index (χ2n) is 4.06. The van der Waals surface area contributed by atoms with Crippen LogP contribution in [0.1, 0.15) is 12.6 Å². The normalized spacial score (nSPS) is 14.8. The fraction of sp³-hybridized carbons (Fsp3) is 0.636. The van der Waals surface area contributed by atoms with E-state index in [9.17, 15) is 4.79 Å². The molecule has 6 heteroatoms. The number of ether oxygens (including phenoxy) is 1. The highest BCUT2D eigenvalue weighted by Crippen LogP contribution is 2.32. The molecule has 0 atom stereocenters. The number of carbonyl (C=O) groups is 1. The molecule has 1 N–H and O–H groups in total. The molecule has 0 saturated carbocycles. The highest BCUT2D eigenvalue weighted by atomic mass is 16.5. The summed E-state index contributed by atoms with van der Waals surface area (Å²) in [5.41, 5.74) is 1.69. The smallest absolute Gasteiger partial charge is 0.244 e. The van der Waals surface area contributed by atoms with Gasteiger partial charge in [-0.3, -0.25) is 4.79 Å². The standard InChI is InChI=1S/C11H18N4O2/c1-4-15-11-10(8(2)13-15)12-9(16)7-14(11)5-6-17-3/h4-7H2,1-3H3,(H,12,16). The molecule has 2 heterocycles. The molecular weight excluding hydrogens is 220 g/mol. The highest BCUT2D eigenvalue weighted by molar-refractivity contribution is 6.01. The third-order valence-corrected chi connectivity index (χ3v) is 2.86. The molecule has 94 valence electrons. The topological polar surface area (TPSA) is 59.4 Å². The van der Waals surface area contributed by atoms with Crippen molar-refractivity contribution >= 4 is 17.4 Å². The number of carbonyl (C=O) groups excluding carboxylic acids is 1. The number of rotatable bonds is 4. The lowest BCUT2D eigenvalue weighted by Crippen LogP contribution is -2.41. The molecule has 0 fully saturated rings. The van der Waals surface area contributed by atoms with Gasteiger partial charge in [-0.1, -0.05) is 0 Å². The lowest BCUT2D eigenvalue weighted by atomic mass is 10.2. The molecule has 1 aromatic heterocycles. The van der Waals surface area contributed by atoms with Crippen molar-refractivity contribution in [2.45, 2.75) is 20.4 Å².